The molecule has 6 nitrogen and oxygen atoms in total. The Morgan fingerprint density at radius 1 is 1.13 bits per heavy atom. The quantitative estimate of drug-likeness (QED) is 0.744. The number of carbonyl (C=O) groups excluding carboxylic acids is 2. The molecule has 0 radical (unpaired) electrons. The molecule has 2 aliphatic rings. The molecule has 2 aromatic carbocycles. The molecule has 1 N–H and O–H groups in total. The van der Waals surface area contributed by atoms with Crippen molar-refractivity contribution in [2.75, 3.05) is 12.1 Å². The average molecular weight is 408 g/mol. The molecule has 2 heterocycles. The van der Waals surface area contributed by atoms with Crippen LogP contribution in [0.25, 0.3) is 0 Å². The van der Waals surface area contributed by atoms with Crippen LogP contribution in [0.2, 0.25) is 0 Å². The maximum Gasteiger partial charge on any atom is 0.250 e. The molecule has 0 saturated carbocycles. The number of rotatable bonds is 5. The molecule has 2 aromatic rings. The van der Waals surface area contributed by atoms with Crippen molar-refractivity contribution in [2.24, 2.45) is 0 Å². The van der Waals surface area contributed by atoms with Gasteiger partial charge in [-0.3, -0.25) is 9.59 Å². The topological polar surface area (TPSA) is 67.9 Å². The number of aryl methyl sites for hydroxylation is 3. The average Bonchev–Trinajstić information content (AvgIpc) is 3.16. The van der Waals surface area contributed by atoms with E-state index in [1.807, 2.05) is 52.8 Å². The van der Waals surface area contributed by atoms with Crippen molar-refractivity contribution in [1.82, 2.24) is 4.90 Å². The molecule has 30 heavy (non-hydrogen) atoms. The molecule has 0 aliphatic carbocycles. The van der Waals surface area contributed by atoms with Gasteiger partial charge in [-0.25, -0.2) is 0 Å². The Bertz CT molecular complexity index is 1010. The monoisotopic (exact) mass is 408 g/mol. The Labute approximate surface area is 177 Å². The fraction of sp³-hybridized carbons (Fsp3) is 0.417. The predicted octanol–water partition coefficient (Wildman–Crippen LogP) is 4.42. The molecule has 2 unspecified atom stereocenters. The number of carbonyl (C=O) groups is 2. The van der Waals surface area contributed by atoms with Crippen molar-refractivity contribution in [3.63, 3.8) is 0 Å². The van der Waals surface area contributed by atoms with Crippen LogP contribution >= 0.6 is 0 Å². The number of amides is 2. The van der Waals surface area contributed by atoms with Crippen molar-refractivity contribution in [3.8, 4) is 11.5 Å². The van der Waals surface area contributed by atoms with Gasteiger partial charge < -0.3 is 19.7 Å². The smallest absolute Gasteiger partial charge is 0.250 e. The number of benzene rings is 2. The zero-order valence-electron chi connectivity index (χ0n) is 18.2. The van der Waals surface area contributed by atoms with Gasteiger partial charge in [0.25, 0.3) is 0 Å². The second kappa shape index (κ2) is 7.35. The van der Waals surface area contributed by atoms with Crippen LogP contribution in [0.3, 0.4) is 0 Å². The van der Waals surface area contributed by atoms with Gasteiger partial charge in [-0.05, 0) is 62.9 Å². The second-order valence-corrected chi connectivity index (χ2v) is 8.45. The highest BCUT2D eigenvalue weighted by atomic mass is 16.7. The molecule has 4 rings (SSSR count). The first kappa shape index (κ1) is 20.3. The Morgan fingerprint density at radius 3 is 2.43 bits per heavy atom. The van der Waals surface area contributed by atoms with Crippen molar-refractivity contribution >= 4 is 17.5 Å². The summed E-state index contributed by atoms with van der Waals surface area (Å²) in [5, 5.41) is 3.10. The molecular weight excluding hydrogens is 380 g/mol. The summed E-state index contributed by atoms with van der Waals surface area (Å²) in [7, 11) is 0. The third-order valence-electron chi connectivity index (χ3n) is 6.35. The number of β-lactam (4-membered cyclic amide) rings is 1. The van der Waals surface area contributed by atoms with Crippen LogP contribution in [0, 0.1) is 20.8 Å². The first-order valence-electron chi connectivity index (χ1n) is 10.4. The van der Waals surface area contributed by atoms with Crippen molar-refractivity contribution < 1.29 is 19.1 Å². The third kappa shape index (κ3) is 3.20. The van der Waals surface area contributed by atoms with Crippen LogP contribution in [0.5, 0.6) is 11.5 Å². The molecule has 0 spiro atoms. The SMILES string of the molecule is CCC(C)(C(=O)Nc1c(C)cc(C)cc1C)N1C(=O)CC1c1ccc2c(c1)OCO2. The number of hydrogen-bond donors (Lipinski definition) is 1. The van der Waals surface area contributed by atoms with Crippen LogP contribution in [-0.4, -0.2) is 29.0 Å². The van der Waals surface area contributed by atoms with Crippen LogP contribution in [-0.2, 0) is 9.59 Å². The number of nitrogens with one attached hydrogen (secondary N) is 1. The minimum absolute atomic E-state index is 0.0190. The normalized spacial score (nSPS) is 19.3. The molecule has 2 amide bonds. The van der Waals surface area contributed by atoms with Crippen LogP contribution in [0.1, 0.15) is 55.0 Å². The van der Waals surface area contributed by atoms with E-state index in [-0.39, 0.29) is 24.6 Å². The third-order valence-corrected chi connectivity index (χ3v) is 6.35. The van der Waals surface area contributed by atoms with E-state index in [0.29, 0.717) is 24.3 Å². The number of anilines is 1. The minimum Gasteiger partial charge on any atom is -0.454 e. The lowest BCUT2D eigenvalue weighted by Gasteiger charge is -2.51. The fourth-order valence-corrected chi connectivity index (χ4v) is 4.49. The largest absolute Gasteiger partial charge is 0.454 e. The van der Waals surface area contributed by atoms with E-state index in [0.717, 1.165) is 27.9 Å². The van der Waals surface area contributed by atoms with E-state index in [4.69, 9.17) is 9.47 Å². The molecule has 1 fully saturated rings. The maximum absolute atomic E-state index is 13.4. The zero-order chi connectivity index (χ0) is 21.6. The second-order valence-electron chi connectivity index (χ2n) is 8.45. The minimum atomic E-state index is -0.958. The van der Waals surface area contributed by atoms with Crippen LogP contribution in [0.15, 0.2) is 30.3 Å². The van der Waals surface area contributed by atoms with Crippen molar-refractivity contribution in [1.29, 1.82) is 0 Å². The predicted molar refractivity (Wildman–Crippen MR) is 115 cm³/mol. The van der Waals surface area contributed by atoms with E-state index < -0.39 is 5.54 Å². The molecular formula is C24H28N2O4. The summed E-state index contributed by atoms with van der Waals surface area (Å²) < 4.78 is 10.9. The van der Waals surface area contributed by atoms with Gasteiger partial charge in [0, 0.05) is 5.69 Å². The summed E-state index contributed by atoms with van der Waals surface area (Å²) in [6.07, 6.45) is 0.890. The van der Waals surface area contributed by atoms with E-state index in [1.165, 1.54) is 0 Å². The Morgan fingerprint density at radius 2 is 1.80 bits per heavy atom. The van der Waals surface area contributed by atoms with Crippen LogP contribution < -0.4 is 14.8 Å². The number of likely N-dealkylation sites (tertiary alicyclic amines) is 1. The standard InChI is InChI=1S/C24H28N2O4/c1-6-24(5,23(28)25-22-15(3)9-14(2)10-16(22)4)26-18(12-21(26)27)17-7-8-19-20(11-17)30-13-29-19/h7-11,18H,6,12-13H2,1-5H3,(H,25,28). The highest BCUT2D eigenvalue weighted by Gasteiger charge is 2.51. The lowest BCUT2D eigenvalue weighted by molar-refractivity contribution is -0.162. The molecule has 1 saturated heterocycles. The van der Waals surface area contributed by atoms with Gasteiger partial charge in [0.2, 0.25) is 18.6 Å². The fourth-order valence-electron chi connectivity index (χ4n) is 4.49. The van der Waals surface area contributed by atoms with E-state index in [1.54, 1.807) is 4.90 Å². The lowest BCUT2D eigenvalue weighted by atomic mass is 9.83. The molecule has 2 atom stereocenters. The highest BCUT2D eigenvalue weighted by molar-refractivity contribution is 6.02. The van der Waals surface area contributed by atoms with Gasteiger partial charge in [0.15, 0.2) is 11.5 Å². The molecule has 2 aliphatic heterocycles. The Kier molecular flexibility index (Phi) is 4.96. The number of ether oxygens (including phenoxy) is 2. The Hall–Kier alpha value is -3.02. The molecule has 0 aromatic heterocycles. The van der Waals surface area contributed by atoms with Gasteiger partial charge in [-0.1, -0.05) is 30.7 Å². The number of fused-ring (bicyclic) bond motifs is 1. The summed E-state index contributed by atoms with van der Waals surface area (Å²) in [6, 6.07) is 9.66. The lowest BCUT2D eigenvalue weighted by Crippen LogP contribution is -2.63. The van der Waals surface area contributed by atoms with E-state index in [2.05, 4.69) is 17.4 Å². The summed E-state index contributed by atoms with van der Waals surface area (Å²) in [6.45, 7) is 10.0. The summed E-state index contributed by atoms with van der Waals surface area (Å²) in [5.41, 5.74) is 4.00. The first-order valence-corrected chi connectivity index (χ1v) is 10.4. The molecule has 0 bridgehead atoms. The van der Waals surface area contributed by atoms with E-state index in [9.17, 15) is 9.59 Å². The highest BCUT2D eigenvalue weighted by Crippen LogP contribution is 2.45. The van der Waals surface area contributed by atoms with Crippen molar-refractivity contribution in [3.05, 3.63) is 52.6 Å². The van der Waals surface area contributed by atoms with Gasteiger partial charge in [-0.15, -0.1) is 0 Å². The molecule has 158 valence electrons. The van der Waals surface area contributed by atoms with Crippen LogP contribution in [0.4, 0.5) is 5.69 Å². The van der Waals surface area contributed by atoms with Gasteiger partial charge in [0.1, 0.15) is 5.54 Å². The molecule has 6 heteroatoms. The summed E-state index contributed by atoms with van der Waals surface area (Å²) in [4.78, 5) is 27.8. The van der Waals surface area contributed by atoms with Gasteiger partial charge >= 0.3 is 0 Å². The maximum atomic E-state index is 13.4. The van der Waals surface area contributed by atoms with E-state index >= 15 is 0 Å². The van der Waals surface area contributed by atoms with Crippen molar-refractivity contribution in [2.45, 2.75) is 59.0 Å². The van der Waals surface area contributed by atoms with Gasteiger partial charge in [0.05, 0.1) is 12.5 Å². The van der Waals surface area contributed by atoms with Gasteiger partial charge in [-0.2, -0.15) is 0 Å². The number of nitrogens with zero attached hydrogens (tertiary/aromatic N) is 1. The zero-order valence-corrected chi connectivity index (χ0v) is 18.2. The Balaban J connectivity index is 1.62. The summed E-state index contributed by atoms with van der Waals surface area (Å²) in [5.74, 6) is 1.20. The number of hydrogen-bond acceptors (Lipinski definition) is 4. The first-order chi connectivity index (χ1) is 14.2. The summed E-state index contributed by atoms with van der Waals surface area (Å²) >= 11 is 0.